The molecule has 1 N–H and O–H groups in total. The molecule has 2 aromatic heterocycles. The first-order valence-corrected chi connectivity index (χ1v) is 9.93. The molecule has 3 aromatic rings. The quantitative estimate of drug-likeness (QED) is 0.691. The Kier molecular flexibility index (Phi) is 4.17. The molecule has 2 aliphatic rings. The molecule has 1 unspecified atom stereocenters. The largest absolute Gasteiger partial charge is 0.360 e. The van der Waals surface area contributed by atoms with Gasteiger partial charge in [-0.1, -0.05) is 29.8 Å². The van der Waals surface area contributed by atoms with E-state index >= 15 is 0 Å². The Morgan fingerprint density at radius 1 is 1.07 bits per heavy atom. The van der Waals surface area contributed by atoms with Gasteiger partial charge in [0.25, 0.3) is 0 Å². The Morgan fingerprint density at radius 3 is 2.81 bits per heavy atom. The highest BCUT2D eigenvalue weighted by Crippen LogP contribution is 2.40. The Labute approximate surface area is 160 Å². The molecular weight excluding hydrogens is 330 g/mol. The number of rotatable bonds is 3. The third kappa shape index (κ3) is 3.02. The summed E-state index contributed by atoms with van der Waals surface area (Å²) < 4.78 is 0. The highest BCUT2D eigenvalue weighted by molar-refractivity contribution is 5.91. The van der Waals surface area contributed by atoms with Crippen molar-refractivity contribution in [1.29, 1.82) is 0 Å². The van der Waals surface area contributed by atoms with Gasteiger partial charge in [0, 0.05) is 42.3 Å². The summed E-state index contributed by atoms with van der Waals surface area (Å²) in [5, 5.41) is 0. The van der Waals surface area contributed by atoms with Gasteiger partial charge in [-0.2, -0.15) is 0 Å². The summed E-state index contributed by atoms with van der Waals surface area (Å²) in [7, 11) is 0. The summed E-state index contributed by atoms with van der Waals surface area (Å²) in [6.07, 6.45) is 12.3. The molecule has 27 heavy (non-hydrogen) atoms. The van der Waals surface area contributed by atoms with Gasteiger partial charge in [-0.15, -0.1) is 0 Å². The predicted molar refractivity (Wildman–Crippen MR) is 111 cm³/mol. The lowest BCUT2D eigenvalue weighted by atomic mass is 9.90. The Bertz CT molecular complexity index is 984. The molecule has 0 spiro atoms. The van der Waals surface area contributed by atoms with Crippen LogP contribution in [0.25, 0.3) is 28.0 Å². The topological polar surface area (TPSA) is 31.9 Å². The number of aromatic amines is 1. The molecule has 5 rings (SSSR count). The van der Waals surface area contributed by atoms with Crippen LogP contribution in [0.2, 0.25) is 0 Å². The van der Waals surface area contributed by atoms with Crippen molar-refractivity contribution >= 4 is 5.57 Å². The fraction of sp³-hybridized carbons (Fsp3) is 0.292. The summed E-state index contributed by atoms with van der Waals surface area (Å²) in [6.45, 7) is 4.59. The third-order valence-electron chi connectivity index (χ3n) is 5.98. The van der Waals surface area contributed by atoms with Crippen LogP contribution in [0.1, 0.15) is 30.4 Å². The minimum Gasteiger partial charge on any atom is -0.360 e. The van der Waals surface area contributed by atoms with Crippen LogP contribution in [0.4, 0.5) is 0 Å². The van der Waals surface area contributed by atoms with Crippen LogP contribution in [-0.2, 0) is 0 Å². The lowest BCUT2D eigenvalue weighted by molar-refractivity contribution is 0.288. The number of aromatic nitrogens is 2. The van der Waals surface area contributed by atoms with E-state index in [1.54, 1.807) is 0 Å². The van der Waals surface area contributed by atoms with Crippen LogP contribution in [0, 0.1) is 6.92 Å². The number of hydrogen-bond donors (Lipinski definition) is 1. The summed E-state index contributed by atoms with van der Waals surface area (Å²) in [5.74, 6) is 0. The van der Waals surface area contributed by atoms with Crippen LogP contribution in [0.3, 0.4) is 0 Å². The molecule has 0 radical (unpaired) electrons. The second kappa shape index (κ2) is 6.82. The molecule has 3 heteroatoms. The Hall–Kier alpha value is -2.65. The minimum absolute atomic E-state index is 0.622. The van der Waals surface area contributed by atoms with Gasteiger partial charge >= 0.3 is 0 Å². The van der Waals surface area contributed by atoms with Gasteiger partial charge in [0.05, 0.1) is 5.69 Å². The lowest BCUT2D eigenvalue weighted by Crippen LogP contribution is -2.32. The third-order valence-corrected chi connectivity index (χ3v) is 5.98. The van der Waals surface area contributed by atoms with Crippen LogP contribution in [0.5, 0.6) is 0 Å². The van der Waals surface area contributed by atoms with E-state index in [4.69, 9.17) is 0 Å². The van der Waals surface area contributed by atoms with Crippen molar-refractivity contribution in [2.75, 3.05) is 13.1 Å². The number of hydrogen-bond acceptors (Lipinski definition) is 2. The van der Waals surface area contributed by atoms with Gasteiger partial charge in [-0.3, -0.25) is 9.88 Å². The number of aryl methyl sites for hydroxylation is 1. The first-order chi connectivity index (χ1) is 13.3. The average molecular weight is 355 g/mol. The van der Waals surface area contributed by atoms with Crippen molar-refractivity contribution in [3.63, 3.8) is 0 Å². The average Bonchev–Trinajstić information content (AvgIpc) is 3.35. The molecule has 2 aliphatic heterocycles. The van der Waals surface area contributed by atoms with Crippen molar-refractivity contribution in [3.8, 4) is 22.4 Å². The zero-order chi connectivity index (χ0) is 18.2. The van der Waals surface area contributed by atoms with Crippen molar-refractivity contribution in [2.45, 2.75) is 32.2 Å². The van der Waals surface area contributed by atoms with Crippen molar-refractivity contribution in [1.82, 2.24) is 14.9 Å². The van der Waals surface area contributed by atoms with Gasteiger partial charge in [0.1, 0.15) is 0 Å². The number of fused-ring (bicyclic) bond motifs is 1. The number of H-pyrrole nitrogens is 1. The first-order valence-electron chi connectivity index (χ1n) is 9.93. The molecule has 1 atom stereocenters. The molecule has 1 saturated heterocycles. The normalized spacial score (nSPS) is 19.7. The minimum atomic E-state index is 0.622. The van der Waals surface area contributed by atoms with E-state index in [1.807, 2.05) is 12.4 Å². The van der Waals surface area contributed by atoms with Crippen LogP contribution >= 0.6 is 0 Å². The van der Waals surface area contributed by atoms with E-state index in [9.17, 15) is 0 Å². The van der Waals surface area contributed by atoms with Crippen molar-refractivity contribution in [2.24, 2.45) is 0 Å². The monoisotopic (exact) mass is 355 g/mol. The fourth-order valence-corrected chi connectivity index (χ4v) is 4.65. The highest BCUT2D eigenvalue weighted by Gasteiger charge is 2.28. The van der Waals surface area contributed by atoms with E-state index in [0.717, 1.165) is 6.42 Å². The van der Waals surface area contributed by atoms with Gasteiger partial charge in [-0.05, 0) is 67.6 Å². The summed E-state index contributed by atoms with van der Waals surface area (Å²) in [4.78, 5) is 10.5. The van der Waals surface area contributed by atoms with E-state index in [-0.39, 0.29) is 0 Å². The van der Waals surface area contributed by atoms with Gasteiger partial charge in [0.15, 0.2) is 0 Å². The number of nitrogens with one attached hydrogen (secondary N) is 1. The zero-order valence-electron chi connectivity index (χ0n) is 15.8. The standard InChI is InChI=1S/C24H25N3/c1-17-4-2-5-20(14-17)24-23(18-7-10-25-11-8-18)22(16-26-24)19-9-13-27-12-3-6-21(27)15-19/h2,4-5,7-8,10-11,14-16,21,26H,3,6,9,12-13H2,1H3. The zero-order valence-corrected chi connectivity index (χ0v) is 15.8. The molecule has 4 heterocycles. The summed E-state index contributed by atoms with van der Waals surface area (Å²) in [5.41, 5.74) is 9.10. The van der Waals surface area contributed by atoms with E-state index in [2.05, 4.69) is 70.5 Å². The molecule has 1 fully saturated rings. The fourth-order valence-electron chi connectivity index (χ4n) is 4.65. The van der Waals surface area contributed by atoms with Crippen LogP contribution in [0.15, 0.2) is 61.1 Å². The van der Waals surface area contributed by atoms with Crippen LogP contribution < -0.4 is 0 Å². The van der Waals surface area contributed by atoms with Crippen molar-refractivity contribution in [3.05, 3.63) is 72.2 Å². The number of benzene rings is 1. The smallest absolute Gasteiger partial charge is 0.0540 e. The van der Waals surface area contributed by atoms with E-state index < -0.39 is 0 Å². The van der Waals surface area contributed by atoms with E-state index in [1.165, 1.54) is 65.0 Å². The Balaban J connectivity index is 1.66. The molecule has 1 aromatic carbocycles. The lowest BCUT2D eigenvalue weighted by Gasteiger charge is -2.28. The van der Waals surface area contributed by atoms with Gasteiger partial charge in [-0.25, -0.2) is 0 Å². The second-order valence-electron chi connectivity index (χ2n) is 7.75. The molecule has 0 bridgehead atoms. The molecule has 3 nitrogen and oxygen atoms in total. The van der Waals surface area contributed by atoms with Crippen molar-refractivity contribution < 1.29 is 0 Å². The predicted octanol–water partition coefficient (Wildman–Crippen LogP) is 5.30. The SMILES string of the molecule is Cc1cccc(-c2[nH]cc(C3=CC4CCCN4CC3)c2-c2ccncc2)c1. The first kappa shape index (κ1) is 16.5. The van der Waals surface area contributed by atoms with Gasteiger partial charge < -0.3 is 4.98 Å². The Morgan fingerprint density at radius 2 is 1.96 bits per heavy atom. The summed E-state index contributed by atoms with van der Waals surface area (Å²) in [6, 6.07) is 13.6. The second-order valence-corrected chi connectivity index (χ2v) is 7.75. The molecule has 0 amide bonds. The molecule has 136 valence electrons. The summed E-state index contributed by atoms with van der Waals surface area (Å²) >= 11 is 0. The maximum absolute atomic E-state index is 4.23. The maximum Gasteiger partial charge on any atom is 0.0540 e. The maximum atomic E-state index is 4.23. The molecular formula is C24H25N3. The van der Waals surface area contributed by atoms with Crippen LogP contribution in [-0.4, -0.2) is 34.0 Å². The van der Waals surface area contributed by atoms with E-state index in [0.29, 0.717) is 6.04 Å². The molecule has 0 aliphatic carbocycles. The molecule has 0 saturated carbocycles. The highest BCUT2D eigenvalue weighted by atomic mass is 15.2. The number of nitrogens with zero attached hydrogens (tertiary/aromatic N) is 2. The number of pyridine rings is 1. The van der Waals surface area contributed by atoms with Gasteiger partial charge in [0.2, 0.25) is 0 Å².